The third kappa shape index (κ3) is 4.13. The number of hydroxylamine groups is 1. The number of nitrogens with one attached hydrogen (secondary N) is 2. The third-order valence-corrected chi connectivity index (χ3v) is 5.48. The summed E-state index contributed by atoms with van der Waals surface area (Å²) in [5.41, 5.74) is -0.318. The summed E-state index contributed by atoms with van der Waals surface area (Å²) in [6, 6.07) is 8.46. The number of carbonyl (C=O) groups excluding carboxylic acids is 2. The molecule has 2 aromatic rings. The van der Waals surface area contributed by atoms with Crippen LogP contribution in [0.25, 0.3) is 0 Å². The van der Waals surface area contributed by atoms with Crippen molar-refractivity contribution in [2.24, 2.45) is 5.16 Å². The van der Waals surface area contributed by atoms with Gasteiger partial charge in [-0.1, -0.05) is 40.5 Å². The summed E-state index contributed by atoms with van der Waals surface area (Å²) in [4.78, 5) is 33.5. The number of alkyl halides is 3. The van der Waals surface area contributed by atoms with Crippen LogP contribution >= 0.6 is 23.2 Å². The molecule has 1 unspecified atom stereocenters. The van der Waals surface area contributed by atoms with Gasteiger partial charge in [-0.2, -0.15) is 13.2 Å². The topological polar surface area (TPSA) is 89.0 Å². The summed E-state index contributed by atoms with van der Waals surface area (Å²) in [6.45, 7) is -0.0101. The fraction of sp³-hybridized carbons (Fsp3) is 0.250. The number of halogens is 5. The summed E-state index contributed by atoms with van der Waals surface area (Å²) in [6.07, 6.45) is -5.42. The molecule has 12 heteroatoms. The van der Waals surface area contributed by atoms with Gasteiger partial charge in [0.2, 0.25) is 0 Å². The van der Waals surface area contributed by atoms with Gasteiger partial charge in [0.1, 0.15) is 12.6 Å². The van der Waals surface area contributed by atoms with Gasteiger partial charge in [0.15, 0.2) is 0 Å². The van der Waals surface area contributed by atoms with Gasteiger partial charge in [0.05, 0.1) is 5.71 Å². The van der Waals surface area contributed by atoms with Crippen LogP contribution in [0.4, 0.5) is 13.2 Å². The summed E-state index contributed by atoms with van der Waals surface area (Å²) in [7, 11) is 0. The molecule has 2 aliphatic heterocycles. The number of hydrogen-bond donors (Lipinski definition) is 2. The van der Waals surface area contributed by atoms with Crippen LogP contribution in [-0.4, -0.2) is 36.4 Å². The van der Waals surface area contributed by atoms with E-state index in [1.807, 2.05) is 0 Å². The van der Waals surface area contributed by atoms with Gasteiger partial charge in [0.25, 0.3) is 17.4 Å². The van der Waals surface area contributed by atoms with Crippen molar-refractivity contribution in [3.05, 3.63) is 69.2 Å². The van der Waals surface area contributed by atoms with Crippen molar-refractivity contribution in [2.75, 3.05) is 6.61 Å². The first kappa shape index (κ1) is 22.4. The molecule has 0 radical (unpaired) electrons. The van der Waals surface area contributed by atoms with E-state index in [0.717, 1.165) is 12.1 Å². The molecule has 4 rings (SSSR count). The summed E-state index contributed by atoms with van der Waals surface area (Å²) in [5.74, 6) is -1.01. The lowest BCUT2D eigenvalue weighted by molar-refractivity contribution is -0.275. The predicted molar refractivity (Wildman–Crippen MR) is 108 cm³/mol. The van der Waals surface area contributed by atoms with Gasteiger partial charge in [-0.15, -0.1) is 0 Å². The highest BCUT2D eigenvalue weighted by molar-refractivity contribution is 6.34. The molecule has 2 heterocycles. The standard InChI is InChI=1S/C20H14Cl2F3N3O4/c21-13-5-12(6-14(22)7-13)19(20(23,24)25)8-15(27-32-19)10-1-3-11(4-2-10)17(29)26-16-9-31-28-18(16)30/h1-7,16H,8-9H2,(H,26,29)(H,28,30)/t16-,19?/m1/s1. The maximum Gasteiger partial charge on any atom is 0.435 e. The SMILES string of the molecule is O=C(N[C@@H]1CONC1=O)c1ccc(C2=NOC(c3cc(Cl)cc(Cl)c3)(C(F)(F)F)C2)cc1. The van der Waals surface area contributed by atoms with Crippen molar-refractivity contribution in [1.29, 1.82) is 0 Å². The first-order chi connectivity index (χ1) is 15.1. The second kappa shape index (κ2) is 8.27. The van der Waals surface area contributed by atoms with Gasteiger partial charge >= 0.3 is 6.18 Å². The summed E-state index contributed by atoms with van der Waals surface area (Å²) >= 11 is 11.8. The van der Waals surface area contributed by atoms with Crippen LogP contribution in [0.15, 0.2) is 47.6 Å². The Kier molecular flexibility index (Phi) is 5.78. The Morgan fingerprint density at radius 3 is 2.38 bits per heavy atom. The Hall–Kier alpha value is -2.82. The van der Waals surface area contributed by atoms with E-state index in [1.165, 1.54) is 30.3 Å². The number of nitrogens with zero attached hydrogens (tertiary/aromatic N) is 1. The summed E-state index contributed by atoms with van der Waals surface area (Å²) in [5, 5.41) is 6.23. The second-order valence-electron chi connectivity index (χ2n) is 7.17. The quantitative estimate of drug-likeness (QED) is 0.687. The van der Waals surface area contributed by atoms with Gasteiger partial charge < -0.3 is 10.2 Å². The van der Waals surface area contributed by atoms with E-state index in [0.29, 0.717) is 5.56 Å². The zero-order chi connectivity index (χ0) is 23.1. The van der Waals surface area contributed by atoms with Crippen LogP contribution < -0.4 is 10.8 Å². The fourth-order valence-electron chi connectivity index (χ4n) is 3.35. The van der Waals surface area contributed by atoms with Gasteiger partial charge in [-0.3, -0.25) is 14.4 Å². The zero-order valence-electron chi connectivity index (χ0n) is 16.0. The normalized spacial score (nSPS) is 22.8. The largest absolute Gasteiger partial charge is 0.435 e. The van der Waals surface area contributed by atoms with Crippen molar-refractivity contribution in [3.8, 4) is 0 Å². The average molecular weight is 488 g/mol. The van der Waals surface area contributed by atoms with Crippen molar-refractivity contribution in [3.63, 3.8) is 0 Å². The molecule has 0 bridgehead atoms. The van der Waals surface area contributed by atoms with E-state index in [4.69, 9.17) is 32.9 Å². The molecule has 0 aromatic heterocycles. The highest BCUT2D eigenvalue weighted by Gasteiger charge is 2.62. The molecule has 2 aromatic carbocycles. The van der Waals surface area contributed by atoms with Crippen LogP contribution in [0.1, 0.15) is 27.9 Å². The van der Waals surface area contributed by atoms with Gasteiger partial charge in [-0.25, -0.2) is 5.48 Å². The monoisotopic (exact) mass is 487 g/mol. The molecule has 0 aliphatic carbocycles. The maximum absolute atomic E-state index is 14.1. The van der Waals surface area contributed by atoms with Crippen LogP contribution in [0.5, 0.6) is 0 Å². The molecule has 2 amide bonds. The molecule has 2 N–H and O–H groups in total. The second-order valence-corrected chi connectivity index (χ2v) is 8.04. The fourth-order valence-corrected chi connectivity index (χ4v) is 3.88. The van der Waals surface area contributed by atoms with Gasteiger partial charge in [-0.05, 0) is 35.9 Å². The Balaban J connectivity index is 1.55. The molecule has 0 saturated carbocycles. The molecule has 1 saturated heterocycles. The molecule has 32 heavy (non-hydrogen) atoms. The maximum atomic E-state index is 14.1. The Labute approximate surface area is 189 Å². The first-order valence-corrected chi connectivity index (χ1v) is 9.96. The summed E-state index contributed by atoms with van der Waals surface area (Å²) < 4.78 is 42.2. The van der Waals surface area contributed by atoms with E-state index < -0.39 is 36.1 Å². The highest BCUT2D eigenvalue weighted by atomic mass is 35.5. The van der Waals surface area contributed by atoms with Crippen LogP contribution in [0, 0.1) is 0 Å². The van der Waals surface area contributed by atoms with Crippen molar-refractivity contribution >= 4 is 40.7 Å². The predicted octanol–water partition coefficient (Wildman–Crippen LogP) is 3.74. The molecule has 0 spiro atoms. The molecule has 168 valence electrons. The Morgan fingerprint density at radius 2 is 1.81 bits per heavy atom. The number of rotatable bonds is 4. The lowest BCUT2D eigenvalue weighted by atomic mass is 9.86. The minimum Gasteiger partial charge on any atom is -0.374 e. The lowest BCUT2D eigenvalue weighted by Crippen LogP contribution is -2.42. The van der Waals surface area contributed by atoms with E-state index in [2.05, 4.69) is 16.0 Å². The van der Waals surface area contributed by atoms with Crippen molar-refractivity contribution in [1.82, 2.24) is 10.8 Å². The average Bonchev–Trinajstić information content (AvgIpc) is 3.35. The number of hydrogen-bond acceptors (Lipinski definition) is 5. The molecule has 2 atom stereocenters. The zero-order valence-corrected chi connectivity index (χ0v) is 17.5. The highest BCUT2D eigenvalue weighted by Crippen LogP contribution is 2.49. The minimum atomic E-state index is -4.81. The molecular weight excluding hydrogens is 474 g/mol. The Morgan fingerprint density at radius 1 is 1.16 bits per heavy atom. The number of carbonyl (C=O) groups is 2. The van der Waals surface area contributed by atoms with Crippen LogP contribution in [0.2, 0.25) is 10.0 Å². The molecular formula is C20H14Cl2F3N3O4. The van der Waals surface area contributed by atoms with Gasteiger partial charge in [0, 0.05) is 27.6 Å². The first-order valence-electron chi connectivity index (χ1n) is 9.20. The molecule has 1 fully saturated rings. The van der Waals surface area contributed by atoms with Crippen LogP contribution in [0.3, 0.4) is 0 Å². The minimum absolute atomic E-state index is 0.0101. The van der Waals surface area contributed by atoms with Crippen molar-refractivity contribution < 1.29 is 32.4 Å². The van der Waals surface area contributed by atoms with Crippen molar-refractivity contribution in [2.45, 2.75) is 24.2 Å². The Bertz CT molecular complexity index is 1090. The van der Waals surface area contributed by atoms with E-state index in [-0.39, 0.29) is 33.5 Å². The van der Waals surface area contributed by atoms with Crippen LogP contribution in [-0.2, 0) is 20.1 Å². The smallest absolute Gasteiger partial charge is 0.374 e. The molecule has 7 nitrogen and oxygen atoms in total. The third-order valence-electron chi connectivity index (χ3n) is 5.04. The van der Waals surface area contributed by atoms with E-state index in [9.17, 15) is 22.8 Å². The number of amides is 2. The number of oxime groups is 1. The number of benzene rings is 2. The lowest BCUT2D eigenvalue weighted by Gasteiger charge is -2.29. The van der Waals surface area contributed by atoms with E-state index in [1.54, 1.807) is 0 Å². The van der Waals surface area contributed by atoms with E-state index >= 15 is 0 Å². The molecule has 2 aliphatic rings.